The lowest BCUT2D eigenvalue weighted by Crippen LogP contribution is -2.41. The number of ether oxygens (including phenoxy) is 1. The molecule has 35 heavy (non-hydrogen) atoms. The van der Waals surface area contributed by atoms with Gasteiger partial charge in [0.25, 0.3) is 0 Å². The number of aromatic nitrogens is 4. The van der Waals surface area contributed by atoms with Gasteiger partial charge in [-0.05, 0) is 43.9 Å². The highest BCUT2D eigenvalue weighted by molar-refractivity contribution is 5.94. The molecule has 3 heterocycles. The van der Waals surface area contributed by atoms with Crippen molar-refractivity contribution in [3.05, 3.63) is 47.5 Å². The fourth-order valence-electron chi connectivity index (χ4n) is 5.39. The summed E-state index contributed by atoms with van der Waals surface area (Å²) in [5, 5.41) is 27.2. The highest BCUT2D eigenvalue weighted by Crippen LogP contribution is 2.55. The van der Waals surface area contributed by atoms with Gasteiger partial charge in [0.2, 0.25) is 0 Å². The SMILES string of the molecule is COc1cc(-n2c(C(C)(C)CC#N)c(C3CC(C)(C(=O)O)C3)c3nc4[nH]ncc4cc32)ccc1F. The largest absolute Gasteiger partial charge is 0.494 e. The number of hydrogen-bond donors (Lipinski definition) is 2. The Labute approximate surface area is 201 Å². The molecule has 0 aliphatic heterocycles. The number of carboxylic acids is 1. The highest BCUT2D eigenvalue weighted by atomic mass is 19.1. The van der Waals surface area contributed by atoms with Crippen LogP contribution in [0.1, 0.15) is 57.2 Å². The van der Waals surface area contributed by atoms with Crippen LogP contribution in [-0.4, -0.2) is 37.9 Å². The van der Waals surface area contributed by atoms with Gasteiger partial charge in [-0.2, -0.15) is 10.4 Å². The lowest BCUT2D eigenvalue weighted by Gasteiger charge is -2.43. The number of hydrogen-bond acceptors (Lipinski definition) is 5. The van der Waals surface area contributed by atoms with E-state index in [2.05, 4.69) is 16.3 Å². The minimum Gasteiger partial charge on any atom is -0.494 e. The van der Waals surface area contributed by atoms with E-state index in [0.29, 0.717) is 24.2 Å². The van der Waals surface area contributed by atoms with Gasteiger partial charge in [0, 0.05) is 40.2 Å². The summed E-state index contributed by atoms with van der Waals surface area (Å²) in [5.41, 5.74) is 3.19. The minimum atomic E-state index is -0.817. The molecular formula is C26H26FN5O3. The summed E-state index contributed by atoms with van der Waals surface area (Å²) >= 11 is 0. The number of nitriles is 1. The highest BCUT2D eigenvalue weighted by Gasteiger charge is 2.50. The fraction of sp³-hybridized carbons (Fsp3) is 0.385. The van der Waals surface area contributed by atoms with E-state index in [9.17, 15) is 19.6 Å². The number of carboxylic acid groups (broad SMARTS) is 1. The van der Waals surface area contributed by atoms with Crippen LogP contribution in [0.15, 0.2) is 30.5 Å². The van der Waals surface area contributed by atoms with Crippen LogP contribution in [0, 0.1) is 22.6 Å². The number of H-pyrrole nitrogens is 1. The first kappa shape index (κ1) is 22.8. The van der Waals surface area contributed by atoms with Crippen molar-refractivity contribution in [3.8, 4) is 17.5 Å². The molecule has 9 heteroatoms. The summed E-state index contributed by atoms with van der Waals surface area (Å²) in [5.74, 6) is -1.24. The molecule has 0 saturated heterocycles. The number of rotatable bonds is 6. The number of fused-ring (bicyclic) bond motifs is 2. The van der Waals surface area contributed by atoms with Crippen molar-refractivity contribution in [2.45, 2.75) is 51.4 Å². The van der Waals surface area contributed by atoms with E-state index in [1.54, 1.807) is 25.3 Å². The van der Waals surface area contributed by atoms with E-state index in [-0.39, 0.29) is 18.1 Å². The molecule has 2 N–H and O–H groups in total. The lowest BCUT2D eigenvalue weighted by molar-refractivity contribution is -0.154. The van der Waals surface area contributed by atoms with E-state index in [0.717, 1.165) is 27.7 Å². The summed E-state index contributed by atoms with van der Waals surface area (Å²) in [6, 6.07) is 8.93. The van der Waals surface area contributed by atoms with Crippen LogP contribution in [0.5, 0.6) is 5.75 Å². The molecule has 3 aromatic heterocycles. The number of methoxy groups -OCH3 is 1. The Kier molecular flexibility index (Phi) is 5.09. The van der Waals surface area contributed by atoms with Crippen molar-refractivity contribution in [1.82, 2.24) is 19.7 Å². The molecule has 4 aromatic rings. The number of benzene rings is 1. The van der Waals surface area contributed by atoms with E-state index < -0.39 is 22.6 Å². The number of aromatic amines is 1. The maximum Gasteiger partial charge on any atom is 0.309 e. The summed E-state index contributed by atoms with van der Waals surface area (Å²) in [6.07, 6.45) is 2.85. The number of nitrogens with zero attached hydrogens (tertiary/aromatic N) is 4. The molecule has 0 atom stereocenters. The van der Waals surface area contributed by atoms with Crippen LogP contribution < -0.4 is 4.74 Å². The number of carbonyl (C=O) groups is 1. The predicted octanol–water partition coefficient (Wildman–Crippen LogP) is 5.21. The second-order valence-corrected chi connectivity index (χ2v) is 10.3. The van der Waals surface area contributed by atoms with Gasteiger partial charge < -0.3 is 14.4 Å². The zero-order chi connectivity index (χ0) is 25.1. The maximum atomic E-state index is 14.3. The summed E-state index contributed by atoms with van der Waals surface area (Å²) < 4.78 is 21.6. The van der Waals surface area contributed by atoms with Crippen LogP contribution in [-0.2, 0) is 10.2 Å². The van der Waals surface area contributed by atoms with Crippen LogP contribution in [0.3, 0.4) is 0 Å². The molecule has 0 unspecified atom stereocenters. The Morgan fingerprint density at radius 3 is 2.80 bits per heavy atom. The fourth-order valence-corrected chi connectivity index (χ4v) is 5.39. The van der Waals surface area contributed by atoms with Crippen LogP contribution in [0.4, 0.5) is 4.39 Å². The molecule has 0 radical (unpaired) electrons. The Morgan fingerprint density at radius 1 is 1.40 bits per heavy atom. The third-order valence-electron chi connectivity index (χ3n) is 7.25. The van der Waals surface area contributed by atoms with E-state index in [4.69, 9.17) is 9.72 Å². The molecule has 180 valence electrons. The maximum absolute atomic E-state index is 14.3. The first-order valence-electron chi connectivity index (χ1n) is 11.4. The van der Waals surface area contributed by atoms with Crippen molar-refractivity contribution < 1.29 is 19.0 Å². The average Bonchev–Trinajstić information content (AvgIpc) is 3.37. The van der Waals surface area contributed by atoms with Crippen molar-refractivity contribution in [2.75, 3.05) is 7.11 Å². The van der Waals surface area contributed by atoms with Crippen molar-refractivity contribution in [3.63, 3.8) is 0 Å². The summed E-state index contributed by atoms with van der Waals surface area (Å²) in [4.78, 5) is 16.8. The van der Waals surface area contributed by atoms with Gasteiger partial charge in [-0.3, -0.25) is 9.89 Å². The molecule has 1 aliphatic carbocycles. The Bertz CT molecular complexity index is 1520. The van der Waals surface area contributed by atoms with E-state index in [1.807, 2.05) is 24.5 Å². The van der Waals surface area contributed by atoms with Gasteiger partial charge in [0.05, 0.1) is 35.8 Å². The third kappa shape index (κ3) is 3.43. The monoisotopic (exact) mass is 475 g/mol. The van der Waals surface area contributed by atoms with Gasteiger partial charge in [-0.1, -0.05) is 13.8 Å². The van der Waals surface area contributed by atoms with Crippen LogP contribution >= 0.6 is 0 Å². The molecule has 0 spiro atoms. The second-order valence-electron chi connectivity index (χ2n) is 10.3. The Hall–Kier alpha value is -3.93. The molecule has 1 saturated carbocycles. The number of halogens is 1. The molecule has 1 aromatic carbocycles. The van der Waals surface area contributed by atoms with Crippen molar-refractivity contribution >= 4 is 28.0 Å². The standard InChI is InChI=1S/C26H26FN5O3/c1-25(2,7-8-28)22-20(15-11-26(3,12-15)24(33)34)21-18(9-14-13-29-31-23(14)30-21)32(22)16-5-6-17(27)19(10-16)35-4/h5-6,9-10,13,15H,7,11-12H2,1-4H3,(H,33,34)(H,29,30,31). The first-order valence-corrected chi connectivity index (χ1v) is 11.4. The normalized spacial score (nSPS) is 20.1. The zero-order valence-electron chi connectivity index (χ0n) is 20.0. The second kappa shape index (κ2) is 7.80. The van der Waals surface area contributed by atoms with Gasteiger partial charge >= 0.3 is 5.97 Å². The van der Waals surface area contributed by atoms with E-state index in [1.165, 1.54) is 13.2 Å². The molecular weight excluding hydrogens is 449 g/mol. The van der Waals surface area contributed by atoms with Gasteiger partial charge in [-0.15, -0.1) is 0 Å². The Balaban J connectivity index is 1.87. The van der Waals surface area contributed by atoms with Crippen LogP contribution in [0.2, 0.25) is 0 Å². The summed E-state index contributed by atoms with van der Waals surface area (Å²) in [7, 11) is 1.42. The van der Waals surface area contributed by atoms with Crippen molar-refractivity contribution in [1.29, 1.82) is 5.26 Å². The predicted molar refractivity (Wildman–Crippen MR) is 128 cm³/mol. The third-order valence-corrected chi connectivity index (χ3v) is 7.25. The quantitative estimate of drug-likeness (QED) is 0.395. The van der Waals surface area contributed by atoms with Crippen molar-refractivity contribution in [2.24, 2.45) is 5.41 Å². The molecule has 0 bridgehead atoms. The molecule has 1 fully saturated rings. The first-order chi connectivity index (χ1) is 16.6. The average molecular weight is 476 g/mol. The topological polar surface area (TPSA) is 117 Å². The molecule has 8 nitrogen and oxygen atoms in total. The van der Waals surface area contributed by atoms with Gasteiger partial charge in [0.15, 0.2) is 17.2 Å². The minimum absolute atomic E-state index is 0.0527. The molecule has 1 aliphatic rings. The number of pyridine rings is 1. The number of nitrogens with one attached hydrogen (secondary N) is 1. The molecule has 5 rings (SSSR count). The molecule has 0 amide bonds. The zero-order valence-corrected chi connectivity index (χ0v) is 20.0. The lowest BCUT2D eigenvalue weighted by atomic mass is 9.60. The summed E-state index contributed by atoms with van der Waals surface area (Å²) in [6.45, 7) is 5.75. The Morgan fingerprint density at radius 2 is 2.14 bits per heavy atom. The van der Waals surface area contributed by atoms with Crippen LogP contribution in [0.25, 0.3) is 27.8 Å². The van der Waals surface area contributed by atoms with Gasteiger partial charge in [-0.25, -0.2) is 9.37 Å². The smallest absolute Gasteiger partial charge is 0.309 e. The van der Waals surface area contributed by atoms with Gasteiger partial charge in [0.1, 0.15) is 0 Å². The number of aliphatic carboxylic acids is 1. The van der Waals surface area contributed by atoms with E-state index >= 15 is 0 Å².